The van der Waals surface area contributed by atoms with Gasteiger partial charge in [-0.05, 0) is 0 Å². The summed E-state index contributed by atoms with van der Waals surface area (Å²) in [5, 5.41) is 6.44. The van der Waals surface area contributed by atoms with E-state index in [1.165, 1.54) is 0 Å². The van der Waals surface area contributed by atoms with E-state index in [2.05, 4.69) is 72.8 Å². The van der Waals surface area contributed by atoms with Crippen LogP contribution >= 0.6 is 0 Å². The van der Waals surface area contributed by atoms with E-state index in [4.69, 9.17) is 24.1 Å². The quantitative estimate of drug-likeness (QED) is 0.138. The molecule has 0 unspecified atom stereocenters. The molecule has 0 amide bonds. The number of hydrogen-bond acceptors (Lipinski definition) is 6. The third-order valence-electron chi connectivity index (χ3n) is 8.40. The Morgan fingerprint density at radius 3 is 1.25 bits per heavy atom. The maximum atomic E-state index is 6.39. The Morgan fingerprint density at radius 2 is 0.792 bits per heavy atom. The van der Waals surface area contributed by atoms with Gasteiger partial charge in [0.1, 0.15) is 0 Å². The fraction of sp³-hybridized carbons (Fsp3) is 0.0500. The summed E-state index contributed by atoms with van der Waals surface area (Å²) in [4.78, 5) is 9.40. The standard InChI is InChI=1S/C20H14O2.2C10H9NO.2Ga/c21-19-11-9-15(13-5-1-3-7-17(13)19)16-10-12-20(22)18-8-4-2-6-14(16)18;2*1-7-5-6-8-3-2-4-9(12)10(8)11-7;;/h1-12,21-22H;2*2-6,12H,1H3;;/q;;;2*+2/p-4. The topological polar surface area (TPSA) is 62.7 Å². The maximum absolute atomic E-state index is 6.39. The molecule has 0 saturated carbocycles. The van der Waals surface area contributed by atoms with Crippen LogP contribution < -0.4 is 14.1 Å². The molecule has 0 atom stereocenters. The summed E-state index contributed by atoms with van der Waals surface area (Å²) in [6.45, 7) is 3.98. The SMILES string of the molecule is Cc1ccc2cccc([O][Ga][O]c3ccc(-c4ccc([O][Ga][O]c5cccc6ccc(C)nc56)c5ccccc45)c4ccccc34)c2n1. The van der Waals surface area contributed by atoms with E-state index in [9.17, 15) is 0 Å². The first kappa shape index (κ1) is 30.5. The van der Waals surface area contributed by atoms with Gasteiger partial charge in [0.05, 0.1) is 0 Å². The molecule has 0 aliphatic carbocycles. The van der Waals surface area contributed by atoms with Gasteiger partial charge in [0.15, 0.2) is 0 Å². The zero-order valence-electron chi connectivity index (χ0n) is 26.4. The molecule has 8 rings (SSSR count). The van der Waals surface area contributed by atoms with Gasteiger partial charge in [-0.2, -0.15) is 0 Å². The summed E-state index contributed by atoms with van der Waals surface area (Å²) >= 11 is -3.16. The first-order valence-electron chi connectivity index (χ1n) is 15.7. The molecule has 0 fully saturated rings. The third kappa shape index (κ3) is 5.99. The number of aromatic nitrogens is 2. The number of aryl methyl sites for hydroxylation is 2. The molecule has 6 nitrogen and oxygen atoms in total. The van der Waals surface area contributed by atoms with E-state index in [1.807, 2.05) is 74.5 Å². The average Bonchev–Trinajstić information content (AvgIpc) is 3.12. The number of para-hydroxylation sites is 2. The molecule has 8 aromatic rings. The van der Waals surface area contributed by atoms with Gasteiger partial charge in [0.25, 0.3) is 0 Å². The summed E-state index contributed by atoms with van der Waals surface area (Å²) < 4.78 is 25.3. The van der Waals surface area contributed by atoms with Crippen LogP contribution in [-0.2, 0) is 0 Å². The van der Waals surface area contributed by atoms with Gasteiger partial charge in [0, 0.05) is 0 Å². The molecule has 0 aliphatic rings. The van der Waals surface area contributed by atoms with Crippen LogP contribution in [0.3, 0.4) is 0 Å². The summed E-state index contributed by atoms with van der Waals surface area (Å²) in [5.74, 6) is 3.18. The van der Waals surface area contributed by atoms with Crippen molar-refractivity contribution in [1.29, 1.82) is 0 Å². The Kier molecular flexibility index (Phi) is 8.46. The second kappa shape index (κ2) is 13.3. The van der Waals surface area contributed by atoms with Crippen LogP contribution in [0.25, 0.3) is 54.5 Å². The van der Waals surface area contributed by atoms with Gasteiger partial charge < -0.3 is 0 Å². The van der Waals surface area contributed by atoms with Gasteiger partial charge in [-0.25, -0.2) is 0 Å². The fourth-order valence-corrected chi connectivity index (χ4v) is 8.83. The molecule has 0 N–H and O–H groups in total. The van der Waals surface area contributed by atoms with Crippen LogP contribution in [0.2, 0.25) is 0 Å². The van der Waals surface area contributed by atoms with Crippen molar-refractivity contribution >= 4 is 79.6 Å². The number of hydrogen-bond donors (Lipinski definition) is 0. The predicted octanol–water partition coefficient (Wildman–Crippen LogP) is 9.36. The van der Waals surface area contributed by atoms with Crippen LogP contribution in [0.5, 0.6) is 23.0 Å². The van der Waals surface area contributed by atoms with E-state index in [0.717, 1.165) is 88.9 Å². The summed E-state index contributed by atoms with van der Waals surface area (Å²) in [6.07, 6.45) is 0. The molecule has 228 valence electrons. The van der Waals surface area contributed by atoms with Crippen molar-refractivity contribution in [3.8, 4) is 34.1 Å². The van der Waals surface area contributed by atoms with E-state index in [1.54, 1.807) is 0 Å². The Labute approximate surface area is 294 Å². The second-order valence-corrected chi connectivity index (χ2v) is 14.3. The molecule has 2 aromatic heterocycles. The number of nitrogens with zero attached hydrogens (tertiary/aromatic N) is 2. The molecule has 8 heteroatoms. The average molecular weight is 740 g/mol. The monoisotopic (exact) mass is 738 g/mol. The van der Waals surface area contributed by atoms with Crippen molar-refractivity contribution in [2.24, 2.45) is 0 Å². The van der Waals surface area contributed by atoms with Crippen molar-refractivity contribution in [3.05, 3.63) is 145 Å². The van der Waals surface area contributed by atoms with Crippen LogP contribution in [-0.4, -0.2) is 46.2 Å². The van der Waals surface area contributed by atoms with Gasteiger partial charge in [-0.3, -0.25) is 0 Å². The van der Waals surface area contributed by atoms with Crippen LogP contribution in [0.4, 0.5) is 0 Å². The Bertz CT molecular complexity index is 2300. The molecule has 0 spiro atoms. The number of rotatable bonds is 9. The number of benzene rings is 6. The molecule has 6 aromatic carbocycles. The van der Waals surface area contributed by atoms with Crippen molar-refractivity contribution < 1.29 is 14.1 Å². The third-order valence-corrected chi connectivity index (χ3v) is 11.3. The molecule has 0 bridgehead atoms. The van der Waals surface area contributed by atoms with Crippen LogP contribution in [0.1, 0.15) is 11.4 Å². The summed E-state index contributed by atoms with van der Waals surface area (Å²) in [7, 11) is 0. The Morgan fingerprint density at radius 1 is 0.375 bits per heavy atom. The molecular weight excluding hydrogens is 712 g/mol. The minimum atomic E-state index is -1.58. The molecular formula is C40H28Ga2N2O4. The van der Waals surface area contributed by atoms with Gasteiger partial charge in [-0.15, -0.1) is 0 Å². The molecule has 2 radical (unpaired) electrons. The Balaban J connectivity index is 1.06. The first-order chi connectivity index (χ1) is 23.6. The van der Waals surface area contributed by atoms with Crippen molar-refractivity contribution in [1.82, 2.24) is 9.97 Å². The van der Waals surface area contributed by atoms with Gasteiger partial charge >= 0.3 is 297 Å². The van der Waals surface area contributed by atoms with Crippen molar-refractivity contribution in [2.45, 2.75) is 13.8 Å². The minimum absolute atomic E-state index is 0.767. The van der Waals surface area contributed by atoms with E-state index in [0.29, 0.717) is 0 Å². The van der Waals surface area contributed by atoms with E-state index < -0.39 is 36.3 Å². The number of fused-ring (bicyclic) bond motifs is 4. The normalized spacial score (nSPS) is 11.1. The van der Waals surface area contributed by atoms with E-state index in [-0.39, 0.29) is 0 Å². The molecule has 0 saturated heterocycles. The van der Waals surface area contributed by atoms with E-state index >= 15 is 0 Å². The number of pyridine rings is 2. The summed E-state index contributed by atoms with van der Waals surface area (Å²) in [5.41, 5.74) is 5.92. The van der Waals surface area contributed by atoms with Crippen molar-refractivity contribution in [2.75, 3.05) is 0 Å². The molecule has 0 aliphatic heterocycles. The molecule has 48 heavy (non-hydrogen) atoms. The van der Waals surface area contributed by atoms with Gasteiger partial charge in [-0.1, -0.05) is 0 Å². The fourth-order valence-electron chi connectivity index (χ4n) is 6.10. The summed E-state index contributed by atoms with van der Waals surface area (Å²) in [6, 6.07) is 45.4. The Hall–Kier alpha value is -4.87. The zero-order valence-corrected chi connectivity index (χ0v) is 31.2. The second-order valence-electron chi connectivity index (χ2n) is 11.5. The van der Waals surface area contributed by atoms with Crippen LogP contribution in [0.15, 0.2) is 133 Å². The predicted molar refractivity (Wildman–Crippen MR) is 194 cm³/mol. The van der Waals surface area contributed by atoms with Crippen molar-refractivity contribution in [3.63, 3.8) is 0 Å². The van der Waals surface area contributed by atoms with Gasteiger partial charge in [0.2, 0.25) is 0 Å². The zero-order chi connectivity index (χ0) is 32.5. The molecule has 2 heterocycles. The van der Waals surface area contributed by atoms with Crippen LogP contribution in [0, 0.1) is 13.8 Å². The first-order valence-corrected chi connectivity index (χ1v) is 19.6.